The van der Waals surface area contributed by atoms with Gasteiger partial charge in [-0.3, -0.25) is 13.9 Å². The minimum Gasteiger partial charge on any atom is -0.352 e. The van der Waals surface area contributed by atoms with Crippen LogP contribution in [0.4, 0.5) is 5.69 Å². The summed E-state index contributed by atoms with van der Waals surface area (Å²) in [5, 5.41) is 3.79. The van der Waals surface area contributed by atoms with Gasteiger partial charge in [-0.2, -0.15) is 0 Å². The first kappa shape index (κ1) is 29.9. The normalized spacial score (nSPS) is 13.1. The molecule has 0 saturated heterocycles. The zero-order valence-electron chi connectivity index (χ0n) is 21.4. The maximum atomic E-state index is 13.4. The molecule has 2 aromatic rings. The molecule has 0 bridgehead atoms. The van der Waals surface area contributed by atoms with E-state index in [2.05, 4.69) is 5.32 Å². The molecule has 2 rings (SSSR count). The van der Waals surface area contributed by atoms with Crippen LogP contribution in [0, 0.1) is 6.92 Å². The van der Waals surface area contributed by atoms with Crippen LogP contribution in [0.2, 0.25) is 10.0 Å². The van der Waals surface area contributed by atoms with Crippen molar-refractivity contribution in [2.75, 3.05) is 17.1 Å². The summed E-state index contributed by atoms with van der Waals surface area (Å²) >= 11 is 12.4. The van der Waals surface area contributed by atoms with Crippen molar-refractivity contribution >= 4 is 50.7 Å². The molecule has 0 radical (unpaired) electrons. The van der Waals surface area contributed by atoms with Crippen LogP contribution in [-0.2, 0) is 26.2 Å². The van der Waals surface area contributed by atoms with Crippen LogP contribution in [0.15, 0.2) is 42.5 Å². The average molecular weight is 557 g/mol. The second-order valence-corrected chi connectivity index (χ2v) is 11.8. The lowest BCUT2D eigenvalue weighted by Gasteiger charge is -2.30. The van der Waals surface area contributed by atoms with Gasteiger partial charge in [0.05, 0.1) is 11.9 Å². The first-order valence-electron chi connectivity index (χ1n) is 11.9. The smallest absolute Gasteiger partial charge is 0.242 e. The Morgan fingerprint density at radius 3 is 2.36 bits per heavy atom. The molecular weight excluding hydrogens is 521 g/mol. The highest BCUT2D eigenvalue weighted by Gasteiger charge is 2.27. The Morgan fingerprint density at radius 2 is 1.78 bits per heavy atom. The maximum Gasteiger partial charge on any atom is 0.242 e. The monoisotopic (exact) mass is 555 g/mol. The number of amides is 2. The molecule has 1 N–H and O–H groups in total. The van der Waals surface area contributed by atoms with E-state index in [1.807, 2.05) is 26.8 Å². The number of sulfonamides is 1. The van der Waals surface area contributed by atoms with Gasteiger partial charge in [-0.1, -0.05) is 48.3 Å². The Morgan fingerprint density at radius 1 is 1.08 bits per heavy atom. The van der Waals surface area contributed by atoms with Crippen LogP contribution in [0.25, 0.3) is 0 Å². The van der Waals surface area contributed by atoms with Gasteiger partial charge < -0.3 is 10.2 Å². The number of carbonyl (C=O) groups is 2. The Kier molecular flexibility index (Phi) is 11.1. The van der Waals surface area contributed by atoms with E-state index in [0.29, 0.717) is 21.3 Å². The molecule has 0 saturated carbocycles. The summed E-state index contributed by atoms with van der Waals surface area (Å²) in [4.78, 5) is 27.7. The minimum absolute atomic E-state index is 0.0336. The second kappa shape index (κ2) is 13.3. The van der Waals surface area contributed by atoms with E-state index in [0.717, 1.165) is 18.2 Å². The van der Waals surface area contributed by atoms with Gasteiger partial charge in [-0.05, 0) is 69.0 Å². The Bertz CT molecular complexity index is 1170. The van der Waals surface area contributed by atoms with Crippen LogP contribution in [-0.4, -0.2) is 50.0 Å². The number of nitrogens with one attached hydrogen (secondary N) is 1. The number of hydrogen-bond donors (Lipinski definition) is 1. The third-order valence-corrected chi connectivity index (χ3v) is 7.75. The zero-order valence-corrected chi connectivity index (χ0v) is 23.8. The quantitative estimate of drug-likeness (QED) is 0.391. The summed E-state index contributed by atoms with van der Waals surface area (Å²) in [5.41, 5.74) is 2.15. The van der Waals surface area contributed by atoms with Crippen molar-refractivity contribution in [1.29, 1.82) is 0 Å². The number of carbonyl (C=O) groups excluding carboxylic acids is 2. The summed E-state index contributed by atoms with van der Waals surface area (Å²) in [5.74, 6) is -0.536. The van der Waals surface area contributed by atoms with Gasteiger partial charge >= 0.3 is 0 Å². The van der Waals surface area contributed by atoms with E-state index in [-0.39, 0.29) is 43.8 Å². The second-order valence-electron chi connectivity index (χ2n) is 9.03. The summed E-state index contributed by atoms with van der Waals surface area (Å²) in [6, 6.07) is 11.4. The van der Waals surface area contributed by atoms with Crippen molar-refractivity contribution < 1.29 is 18.0 Å². The number of aryl methyl sites for hydroxylation is 1. The number of nitrogens with zero attached hydrogens (tertiary/aromatic N) is 2. The van der Waals surface area contributed by atoms with Gasteiger partial charge in [-0.25, -0.2) is 8.42 Å². The fraction of sp³-hybridized carbons (Fsp3) is 0.462. The number of hydrogen-bond acceptors (Lipinski definition) is 4. The molecule has 0 aromatic heterocycles. The predicted octanol–water partition coefficient (Wildman–Crippen LogP) is 5.18. The van der Waals surface area contributed by atoms with Crippen molar-refractivity contribution in [1.82, 2.24) is 10.2 Å². The van der Waals surface area contributed by atoms with Crippen LogP contribution in [0.5, 0.6) is 0 Å². The number of rotatable bonds is 12. The zero-order chi connectivity index (χ0) is 27.0. The highest BCUT2D eigenvalue weighted by molar-refractivity contribution is 7.92. The van der Waals surface area contributed by atoms with Gasteiger partial charge in [0.2, 0.25) is 21.8 Å². The lowest BCUT2D eigenvalue weighted by atomic mass is 10.1. The predicted molar refractivity (Wildman–Crippen MR) is 147 cm³/mol. The van der Waals surface area contributed by atoms with Gasteiger partial charge in [0.15, 0.2) is 0 Å². The van der Waals surface area contributed by atoms with Crippen molar-refractivity contribution in [3.63, 3.8) is 0 Å². The first-order chi connectivity index (χ1) is 16.8. The fourth-order valence-electron chi connectivity index (χ4n) is 3.67. The molecule has 0 spiro atoms. The van der Waals surface area contributed by atoms with Crippen molar-refractivity contribution in [3.05, 3.63) is 63.6 Å². The summed E-state index contributed by atoms with van der Waals surface area (Å²) < 4.78 is 26.2. The van der Waals surface area contributed by atoms with E-state index in [9.17, 15) is 18.0 Å². The molecule has 0 aliphatic carbocycles. The molecule has 7 nitrogen and oxygen atoms in total. The molecule has 2 amide bonds. The number of benzene rings is 2. The number of anilines is 1. The largest absolute Gasteiger partial charge is 0.352 e. The Balaban J connectivity index is 2.21. The molecule has 36 heavy (non-hydrogen) atoms. The van der Waals surface area contributed by atoms with Gasteiger partial charge in [0.1, 0.15) is 6.04 Å². The van der Waals surface area contributed by atoms with E-state index >= 15 is 0 Å². The molecule has 10 heteroatoms. The molecular formula is C26H35Cl2N3O4S. The standard InChI is InChI=1S/C26H35Cl2N3O4S/c1-6-19(3)29-26(33)20(4)30(17-21-12-13-22(27)16-24(21)28)25(32)11-8-14-31(36(5,34)35)23-10-7-9-18(2)15-23/h7,9-10,12-13,15-16,19-20H,6,8,11,14,17H2,1-5H3,(H,29,33)/t19-,20+/m1/s1. The molecule has 2 aromatic carbocycles. The van der Waals surface area contributed by atoms with E-state index in [1.165, 1.54) is 9.21 Å². The first-order valence-corrected chi connectivity index (χ1v) is 14.5. The van der Waals surface area contributed by atoms with Gasteiger partial charge in [0, 0.05) is 35.6 Å². The van der Waals surface area contributed by atoms with Gasteiger partial charge in [0.25, 0.3) is 0 Å². The molecule has 0 fully saturated rings. The lowest BCUT2D eigenvalue weighted by Crippen LogP contribution is -2.49. The highest BCUT2D eigenvalue weighted by atomic mass is 35.5. The molecule has 2 atom stereocenters. The molecule has 0 aliphatic heterocycles. The lowest BCUT2D eigenvalue weighted by molar-refractivity contribution is -0.140. The highest BCUT2D eigenvalue weighted by Crippen LogP contribution is 2.24. The van der Waals surface area contributed by atoms with E-state index in [4.69, 9.17) is 23.2 Å². The van der Waals surface area contributed by atoms with E-state index in [1.54, 1.807) is 43.3 Å². The van der Waals surface area contributed by atoms with Gasteiger partial charge in [-0.15, -0.1) is 0 Å². The molecule has 0 aliphatic rings. The van der Waals surface area contributed by atoms with Crippen molar-refractivity contribution in [2.24, 2.45) is 0 Å². The van der Waals surface area contributed by atoms with Crippen molar-refractivity contribution in [2.45, 2.75) is 65.6 Å². The minimum atomic E-state index is -3.54. The summed E-state index contributed by atoms with van der Waals surface area (Å²) in [6.07, 6.45) is 2.25. The van der Waals surface area contributed by atoms with Crippen LogP contribution < -0.4 is 9.62 Å². The molecule has 0 unspecified atom stereocenters. The molecule has 198 valence electrons. The van der Waals surface area contributed by atoms with Crippen LogP contribution in [0.3, 0.4) is 0 Å². The summed E-state index contributed by atoms with van der Waals surface area (Å²) in [6.45, 7) is 7.69. The van der Waals surface area contributed by atoms with E-state index < -0.39 is 16.1 Å². The Labute approximate surface area is 224 Å². The van der Waals surface area contributed by atoms with Crippen molar-refractivity contribution in [3.8, 4) is 0 Å². The average Bonchev–Trinajstić information content (AvgIpc) is 2.79. The SMILES string of the molecule is CC[C@@H](C)NC(=O)[C@H](C)N(Cc1ccc(Cl)cc1Cl)C(=O)CCCN(c1cccc(C)c1)S(C)(=O)=O. The molecule has 0 heterocycles. The number of halogens is 2. The maximum absolute atomic E-state index is 13.4. The fourth-order valence-corrected chi connectivity index (χ4v) is 5.09. The topological polar surface area (TPSA) is 86.8 Å². The third kappa shape index (κ3) is 8.68. The van der Waals surface area contributed by atoms with Crippen LogP contribution >= 0.6 is 23.2 Å². The Hall–Kier alpha value is -2.29. The summed E-state index contributed by atoms with van der Waals surface area (Å²) in [7, 11) is -3.54. The third-order valence-electron chi connectivity index (χ3n) is 5.97. The van der Waals surface area contributed by atoms with Crippen LogP contribution in [0.1, 0.15) is 51.2 Å².